The summed E-state index contributed by atoms with van der Waals surface area (Å²) in [5.74, 6) is 0.869. The van der Waals surface area contributed by atoms with Crippen LogP contribution < -0.4 is 16.0 Å². The summed E-state index contributed by atoms with van der Waals surface area (Å²) < 4.78 is 12.8. The summed E-state index contributed by atoms with van der Waals surface area (Å²) in [5.41, 5.74) is 0.790. The Hall–Kier alpha value is -1.38. The number of guanidine groups is 1. The van der Waals surface area contributed by atoms with Crippen LogP contribution in [0.3, 0.4) is 0 Å². The molecule has 0 radical (unpaired) electrons. The van der Waals surface area contributed by atoms with Crippen LogP contribution >= 0.6 is 24.0 Å². The fourth-order valence-corrected chi connectivity index (χ4v) is 1.92. The normalized spacial score (nSPS) is 12.3. The Bertz CT molecular complexity index is 534. The van der Waals surface area contributed by atoms with Crippen LogP contribution in [0.5, 0.6) is 0 Å². The highest BCUT2D eigenvalue weighted by molar-refractivity contribution is 14.0. The number of hydrogen-bond acceptors (Lipinski definition) is 2. The summed E-state index contributed by atoms with van der Waals surface area (Å²) in [5, 5.41) is 9.36. The van der Waals surface area contributed by atoms with Crippen molar-refractivity contribution in [2.45, 2.75) is 40.2 Å². The Kier molecular flexibility index (Phi) is 12.2. The Balaban J connectivity index is 0.00000576. The van der Waals surface area contributed by atoms with Gasteiger partial charge < -0.3 is 16.0 Å². The number of amides is 1. The molecular weight excluding hydrogens is 434 g/mol. The molecule has 0 bridgehead atoms. The van der Waals surface area contributed by atoms with E-state index in [0.717, 1.165) is 18.1 Å². The molecule has 142 valence electrons. The van der Waals surface area contributed by atoms with E-state index in [-0.39, 0.29) is 42.1 Å². The maximum absolute atomic E-state index is 12.8. The van der Waals surface area contributed by atoms with Crippen molar-refractivity contribution in [1.82, 2.24) is 16.0 Å². The molecule has 0 saturated heterocycles. The number of halogens is 2. The number of rotatable bonds is 8. The zero-order chi connectivity index (χ0) is 17.9. The van der Waals surface area contributed by atoms with Crippen molar-refractivity contribution in [3.05, 3.63) is 35.6 Å². The Morgan fingerprint density at radius 2 is 1.80 bits per heavy atom. The topological polar surface area (TPSA) is 65.5 Å². The van der Waals surface area contributed by atoms with Crippen LogP contribution in [0, 0.1) is 11.7 Å². The van der Waals surface area contributed by atoms with Gasteiger partial charge in [0.1, 0.15) is 5.82 Å². The van der Waals surface area contributed by atoms with Gasteiger partial charge in [0.2, 0.25) is 5.91 Å². The van der Waals surface area contributed by atoms with Crippen molar-refractivity contribution in [3.8, 4) is 0 Å². The molecule has 1 aromatic carbocycles. The highest BCUT2D eigenvalue weighted by Crippen LogP contribution is 2.03. The maximum Gasteiger partial charge on any atom is 0.224 e. The second-order valence-electron chi connectivity index (χ2n) is 6.09. The van der Waals surface area contributed by atoms with Crippen molar-refractivity contribution >= 4 is 35.8 Å². The van der Waals surface area contributed by atoms with E-state index in [0.29, 0.717) is 25.0 Å². The van der Waals surface area contributed by atoms with Gasteiger partial charge in [-0.2, -0.15) is 0 Å². The van der Waals surface area contributed by atoms with Crippen LogP contribution in [-0.4, -0.2) is 37.5 Å². The van der Waals surface area contributed by atoms with Gasteiger partial charge >= 0.3 is 0 Å². The zero-order valence-electron chi connectivity index (χ0n) is 15.4. The number of nitrogens with one attached hydrogen (secondary N) is 3. The van der Waals surface area contributed by atoms with Gasteiger partial charge in [0.15, 0.2) is 5.96 Å². The quantitative estimate of drug-likeness (QED) is 0.240. The third kappa shape index (κ3) is 10.3. The third-order valence-corrected chi connectivity index (χ3v) is 3.69. The van der Waals surface area contributed by atoms with E-state index in [1.807, 2.05) is 6.92 Å². The molecule has 5 nitrogen and oxygen atoms in total. The molecule has 0 aliphatic rings. The highest BCUT2D eigenvalue weighted by atomic mass is 127. The smallest absolute Gasteiger partial charge is 0.224 e. The fourth-order valence-electron chi connectivity index (χ4n) is 1.92. The number of carbonyl (C=O) groups is 1. The SMILES string of the molecule is CCNC(=NCCNC(=O)Cc1ccc(F)cc1)NC(C)C(C)C.I. The predicted octanol–water partition coefficient (Wildman–Crippen LogP) is 2.70. The van der Waals surface area contributed by atoms with Gasteiger partial charge in [-0.3, -0.25) is 9.79 Å². The summed E-state index contributed by atoms with van der Waals surface area (Å²) >= 11 is 0. The van der Waals surface area contributed by atoms with Crippen LogP contribution in [0.25, 0.3) is 0 Å². The lowest BCUT2D eigenvalue weighted by atomic mass is 10.1. The molecule has 0 aromatic heterocycles. The molecule has 1 rings (SSSR count). The minimum Gasteiger partial charge on any atom is -0.357 e. The molecule has 0 aliphatic heterocycles. The molecule has 0 spiro atoms. The van der Waals surface area contributed by atoms with E-state index in [9.17, 15) is 9.18 Å². The fraction of sp³-hybridized carbons (Fsp3) is 0.556. The van der Waals surface area contributed by atoms with E-state index in [1.165, 1.54) is 12.1 Å². The van der Waals surface area contributed by atoms with Crippen molar-refractivity contribution in [3.63, 3.8) is 0 Å². The first-order valence-corrected chi connectivity index (χ1v) is 8.48. The molecule has 3 N–H and O–H groups in total. The number of benzene rings is 1. The second kappa shape index (κ2) is 12.9. The Labute approximate surface area is 167 Å². The summed E-state index contributed by atoms with van der Waals surface area (Å²) in [6.07, 6.45) is 0.243. The molecule has 0 heterocycles. The first-order chi connectivity index (χ1) is 11.4. The van der Waals surface area contributed by atoms with Crippen LogP contribution in [-0.2, 0) is 11.2 Å². The van der Waals surface area contributed by atoms with Crippen LogP contribution in [0.4, 0.5) is 4.39 Å². The Morgan fingerprint density at radius 1 is 1.16 bits per heavy atom. The molecule has 1 atom stereocenters. The lowest BCUT2D eigenvalue weighted by Crippen LogP contribution is -2.44. The lowest BCUT2D eigenvalue weighted by Gasteiger charge is -2.20. The number of aliphatic imine (C=N–C) groups is 1. The van der Waals surface area contributed by atoms with E-state index in [2.05, 4.69) is 41.7 Å². The molecule has 0 fully saturated rings. The standard InChI is InChI=1S/C18H29FN4O.HI/c1-5-20-18(23-14(4)13(2)3)22-11-10-21-17(24)12-15-6-8-16(19)9-7-15;/h6-9,13-14H,5,10-12H2,1-4H3,(H,21,24)(H2,20,22,23);1H. The summed E-state index contributed by atoms with van der Waals surface area (Å²) in [6, 6.07) is 6.27. The van der Waals surface area contributed by atoms with Gasteiger partial charge in [-0.25, -0.2) is 4.39 Å². The average Bonchev–Trinajstić information content (AvgIpc) is 2.53. The van der Waals surface area contributed by atoms with Crippen LogP contribution in [0.15, 0.2) is 29.3 Å². The van der Waals surface area contributed by atoms with Gasteiger partial charge in [0.05, 0.1) is 13.0 Å². The van der Waals surface area contributed by atoms with E-state index >= 15 is 0 Å². The third-order valence-electron chi connectivity index (χ3n) is 3.69. The average molecular weight is 464 g/mol. The largest absolute Gasteiger partial charge is 0.357 e. The molecule has 0 saturated carbocycles. The van der Waals surface area contributed by atoms with E-state index in [1.54, 1.807) is 12.1 Å². The van der Waals surface area contributed by atoms with Gasteiger partial charge in [-0.1, -0.05) is 26.0 Å². The molecule has 7 heteroatoms. The molecule has 1 amide bonds. The molecule has 25 heavy (non-hydrogen) atoms. The first kappa shape index (κ1) is 23.6. The van der Waals surface area contributed by atoms with Gasteiger partial charge in [-0.15, -0.1) is 24.0 Å². The molecule has 1 unspecified atom stereocenters. The maximum atomic E-state index is 12.8. The summed E-state index contributed by atoms with van der Waals surface area (Å²) in [4.78, 5) is 16.3. The van der Waals surface area contributed by atoms with Crippen molar-refractivity contribution in [2.24, 2.45) is 10.9 Å². The Morgan fingerprint density at radius 3 is 2.36 bits per heavy atom. The number of nitrogens with zero attached hydrogens (tertiary/aromatic N) is 1. The molecular formula is C18H30FIN4O. The van der Waals surface area contributed by atoms with Crippen molar-refractivity contribution in [2.75, 3.05) is 19.6 Å². The molecule has 0 aliphatic carbocycles. The van der Waals surface area contributed by atoms with E-state index in [4.69, 9.17) is 0 Å². The zero-order valence-corrected chi connectivity index (χ0v) is 17.8. The summed E-state index contributed by atoms with van der Waals surface area (Å²) in [6.45, 7) is 10.2. The van der Waals surface area contributed by atoms with Crippen LogP contribution in [0.2, 0.25) is 0 Å². The van der Waals surface area contributed by atoms with Crippen molar-refractivity contribution in [1.29, 1.82) is 0 Å². The number of hydrogen-bond donors (Lipinski definition) is 3. The van der Waals surface area contributed by atoms with Crippen LogP contribution in [0.1, 0.15) is 33.3 Å². The first-order valence-electron chi connectivity index (χ1n) is 8.48. The lowest BCUT2D eigenvalue weighted by molar-refractivity contribution is -0.120. The second-order valence-corrected chi connectivity index (χ2v) is 6.09. The molecule has 1 aromatic rings. The highest BCUT2D eigenvalue weighted by Gasteiger charge is 2.08. The van der Waals surface area contributed by atoms with Crippen molar-refractivity contribution < 1.29 is 9.18 Å². The predicted molar refractivity (Wildman–Crippen MR) is 112 cm³/mol. The monoisotopic (exact) mass is 464 g/mol. The van der Waals surface area contributed by atoms with E-state index < -0.39 is 0 Å². The van der Waals surface area contributed by atoms with Gasteiger partial charge in [-0.05, 0) is 37.5 Å². The van der Waals surface area contributed by atoms with Gasteiger partial charge in [0, 0.05) is 19.1 Å². The number of carbonyl (C=O) groups excluding carboxylic acids is 1. The van der Waals surface area contributed by atoms with Gasteiger partial charge in [0.25, 0.3) is 0 Å². The minimum atomic E-state index is -0.299. The summed E-state index contributed by atoms with van der Waals surface area (Å²) in [7, 11) is 0. The minimum absolute atomic E-state index is 0.